The SMILES string of the molecule is Cc1cc(/C=C2/C(=N)N3N=C(c4ccco4)SC3=NC2=O)c(C)n1-c1ccc(Cl)c(Cl)c1. The maximum atomic E-state index is 12.8. The molecular weight excluding hydrogens is 469 g/mol. The summed E-state index contributed by atoms with van der Waals surface area (Å²) in [5.74, 6) is 0.0421. The molecule has 0 fully saturated rings. The maximum absolute atomic E-state index is 12.8. The summed E-state index contributed by atoms with van der Waals surface area (Å²) in [6.07, 6.45) is 3.22. The van der Waals surface area contributed by atoms with Gasteiger partial charge in [-0.3, -0.25) is 10.2 Å². The first-order chi connectivity index (χ1) is 15.3. The molecule has 1 N–H and O–H groups in total. The largest absolute Gasteiger partial charge is 0.462 e. The first kappa shape index (κ1) is 20.8. The van der Waals surface area contributed by atoms with Crippen molar-refractivity contribution in [2.75, 3.05) is 0 Å². The molecule has 7 nitrogen and oxygen atoms in total. The Labute approximate surface area is 197 Å². The second-order valence-corrected chi connectivity index (χ2v) is 8.93. The number of carbonyl (C=O) groups excluding carboxylic acids is 1. The van der Waals surface area contributed by atoms with Crippen molar-refractivity contribution in [3.05, 3.63) is 81.0 Å². The predicted molar refractivity (Wildman–Crippen MR) is 128 cm³/mol. The summed E-state index contributed by atoms with van der Waals surface area (Å²) in [7, 11) is 0. The lowest BCUT2D eigenvalue weighted by molar-refractivity contribution is -0.114. The van der Waals surface area contributed by atoms with Gasteiger partial charge in [0.15, 0.2) is 16.6 Å². The van der Waals surface area contributed by atoms with Gasteiger partial charge < -0.3 is 8.98 Å². The normalized spacial score (nSPS) is 17.1. The van der Waals surface area contributed by atoms with E-state index in [9.17, 15) is 4.79 Å². The smallest absolute Gasteiger partial charge is 0.283 e. The highest BCUT2D eigenvalue weighted by Crippen LogP contribution is 2.32. The van der Waals surface area contributed by atoms with Crippen molar-refractivity contribution < 1.29 is 9.21 Å². The second kappa shape index (κ2) is 7.81. The third-order valence-corrected chi connectivity index (χ3v) is 6.78. The molecule has 0 saturated heterocycles. The number of benzene rings is 1. The molecule has 4 heterocycles. The number of nitrogens with zero attached hydrogens (tertiary/aromatic N) is 4. The predicted octanol–water partition coefficient (Wildman–Crippen LogP) is 5.66. The van der Waals surface area contributed by atoms with Crippen molar-refractivity contribution in [2.45, 2.75) is 13.8 Å². The fourth-order valence-electron chi connectivity index (χ4n) is 3.60. The monoisotopic (exact) mass is 483 g/mol. The summed E-state index contributed by atoms with van der Waals surface area (Å²) >= 11 is 13.4. The minimum absolute atomic E-state index is 0.0339. The molecule has 2 aliphatic heterocycles. The zero-order valence-electron chi connectivity index (χ0n) is 16.9. The number of amidine groups is 2. The van der Waals surface area contributed by atoms with Crippen LogP contribution in [0.1, 0.15) is 22.7 Å². The van der Waals surface area contributed by atoms with Gasteiger partial charge in [-0.1, -0.05) is 23.2 Å². The number of nitrogens with one attached hydrogen (secondary N) is 1. The second-order valence-electron chi connectivity index (χ2n) is 7.16. The Bertz CT molecular complexity index is 1390. The van der Waals surface area contributed by atoms with Crippen LogP contribution in [0, 0.1) is 19.3 Å². The molecule has 2 aliphatic rings. The number of hydrazone groups is 1. The molecule has 0 saturated carbocycles. The molecule has 32 heavy (non-hydrogen) atoms. The fourth-order valence-corrected chi connectivity index (χ4v) is 4.75. The third-order valence-electron chi connectivity index (χ3n) is 5.12. The molecule has 160 valence electrons. The van der Waals surface area contributed by atoms with Crippen LogP contribution in [0.3, 0.4) is 0 Å². The van der Waals surface area contributed by atoms with Gasteiger partial charge in [-0.05, 0) is 73.6 Å². The first-order valence-corrected chi connectivity index (χ1v) is 11.1. The summed E-state index contributed by atoms with van der Waals surface area (Å²) in [6, 6.07) is 10.9. The number of hydrogen-bond donors (Lipinski definition) is 1. The lowest BCUT2D eigenvalue weighted by Gasteiger charge is -2.20. The number of carbonyl (C=O) groups is 1. The van der Waals surface area contributed by atoms with Gasteiger partial charge in [0.05, 0.1) is 21.9 Å². The van der Waals surface area contributed by atoms with Crippen LogP contribution in [0.4, 0.5) is 0 Å². The summed E-state index contributed by atoms with van der Waals surface area (Å²) < 4.78 is 7.39. The molecule has 5 rings (SSSR count). The Morgan fingerprint density at radius 1 is 1.16 bits per heavy atom. The van der Waals surface area contributed by atoms with Crippen molar-refractivity contribution in [1.82, 2.24) is 9.58 Å². The van der Waals surface area contributed by atoms with E-state index < -0.39 is 5.91 Å². The zero-order valence-corrected chi connectivity index (χ0v) is 19.2. The van der Waals surface area contributed by atoms with Gasteiger partial charge in [0.2, 0.25) is 5.17 Å². The minimum atomic E-state index is -0.482. The lowest BCUT2D eigenvalue weighted by Crippen LogP contribution is -2.35. The van der Waals surface area contributed by atoms with E-state index >= 15 is 0 Å². The van der Waals surface area contributed by atoms with Crippen LogP contribution in [-0.4, -0.2) is 31.5 Å². The highest BCUT2D eigenvalue weighted by molar-refractivity contribution is 8.27. The van der Waals surface area contributed by atoms with Gasteiger partial charge in [-0.25, -0.2) is 0 Å². The third kappa shape index (κ3) is 3.40. The number of thioether (sulfide) groups is 1. The first-order valence-electron chi connectivity index (χ1n) is 9.52. The van der Waals surface area contributed by atoms with E-state index in [0.717, 1.165) is 22.6 Å². The average molecular weight is 484 g/mol. The molecule has 3 aromatic rings. The Balaban J connectivity index is 1.53. The van der Waals surface area contributed by atoms with Crippen LogP contribution in [0.15, 0.2) is 62.7 Å². The Hall–Kier alpha value is -3.07. The van der Waals surface area contributed by atoms with E-state index in [1.807, 2.05) is 30.5 Å². The lowest BCUT2D eigenvalue weighted by atomic mass is 10.1. The van der Waals surface area contributed by atoms with Crippen molar-refractivity contribution >= 4 is 63.0 Å². The van der Waals surface area contributed by atoms with Crippen LogP contribution in [0.5, 0.6) is 0 Å². The van der Waals surface area contributed by atoms with Crippen molar-refractivity contribution in [2.24, 2.45) is 10.1 Å². The average Bonchev–Trinajstić information content (AvgIpc) is 3.47. The van der Waals surface area contributed by atoms with E-state index in [0.29, 0.717) is 26.0 Å². The van der Waals surface area contributed by atoms with Crippen LogP contribution in [0.25, 0.3) is 11.8 Å². The number of fused-ring (bicyclic) bond motifs is 1. The summed E-state index contributed by atoms with van der Waals surface area (Å²) in [6.45, 7) is 3.89. The van der Waals surface area contributed by atoms with Gasteiger partial charge >= 0.3 is 0 Å². The number of amides is 1. The van der Waals surface area contributed by atoms with E-state index in [1.54, 1.807) is 36.6 Å². The van der Waals surface area contributed by atoms with E-state index in [2.05, 4.69) is 10.1 Å². The number of aryl methyl sites for hydroxylation is 1. The number of furan rings is 1. The number of aromatic nitrogens is 1. The van der Waals surface area contributed by atoms with Gasteiger partial charge in [0.1, 0.15) is 0 Å². The number of rotatable bonds is 3. The fraction of sp³-hybridized carbons (Fsp3) is 0.0909. The topological polar surface area (TPSA) is 87.0 Å². The molecule has 1 aromatic carbocycles. The zero-order chi connectivity index (χ0) is 22.6. The van der Waals surface area contributed by atoms with Crippen molar-refractivity contribution in [3.8, 4) is 5.69 Å². The van der Waals surface area contributed by atoms with Crippen LogP contribution in [0.2, 0.25) is 10.0 Å². The van der Waals surface area contributed by atoms with E-state index in [4.69, 9.17) is 33.0 Å². The van der Waals surface area contributed by atoms with Crippen LogP contribution >= 0.6 is 35.0 Å². The molecule has 1 amide bonds. The molecule has 10 heteroatoms. The molecule has 0 atom stereocenters. The highest BCUT2D eigenvalue weighted by Gasteiger charge is 2.36. The van der Waals surface area contributed by atoms with Crippen molar-refractivity contribution in [3.63, 3.8) is 0 Å². The van der Waals surface area contributed by atoms with Gasteiger partial charge in [0, 0.05) is 17.1 Å². The van der Waals surface area contributed by atoms with Gasteiger partial charge in [-0.15, -0.1) is 0 Å². The highest BCUT2D eigenvalue weighted by atomic mass is 35.5. The molecule has 0 radical (unpaired) electrons. The van der Waals surface area contributed by atoms with Crippen molar-refractivity contribution in [1.29, 1.82) is 5.41 Å². The number of hydrogen-bond acceptors (Lipinski definition) is 5. The summed E-state index contributed by atoms with van der Waals surface area (Å²) in [4.78, 5) is 16.9. The number of aliphatic imine (C=N–C) groups is 1. The van der Waals surface area contributed by atoms with E-state index in [1.165, 1.54) is 16.8 Å². The molecule has 0 spiro atoms. The quantitative estimate of drug-likeness (QED) is 0.486. The molecular formula is C22H15Cl2N5O2S. The Morgan fingerprint density at radius 2 is 1.97 bits per heavy atom. The summed E-state index contributed by atoms with van der Waals surface area (Å²) in [5.41, 5.74) is 3.64. The molecule has 0 aliphatic carbocycles. The molecule has 2 aromatic heterocycles. The minimum Gasteiger partial charge on any atom is -0.462 e. The standard InChI is InChI=1S/C22H15Cl2N5O2S/c1-11-8-13(12(2)28(11)14-5-6-16(23)17(24)10-14)9-15-19(25)29-22(26-20(15)30)32-21(27-29)18-4-3-7-31-18/h3-10,25H,1-2H3/b15-9-,25-19?. The Morgan fingerprint density at radius 3 is 2.69 bits per heavy atom. The summed E-state index contributed by atoms with van der Waals surface area (Å²) in [5, 5.41) is 16.2. The van der Waals surface area contributed by atoms with Crippen LogP contribution in [-0.2, 0) is 4.79 Å². The van der Waals surface area contributed by atoms with E-state index in [-0.39, 0.29) is 11.4 Å². The van der Waals surface area contributed by atoms with Gasteiger partial charge in [-0.2, -0.15) is 15.1 Å². The van der Waals surface area contributed by atoms with Crippen LogP contribution < -0.4 is 0 Å². The van der Waals surface area contributed by atoms with Gasteiger partial charge in [0.25, 0.3) is 5.91 Å². The maximum Gasteiger partial charge on any atom is 0.283 e. The number of halogens is 2. The molecule has 0 bridgehead atoms. The molecule has 0 unspecified atom stereocenters. The Kier molecular flexibility index (Phi) is 5.08.